The van der Waals surface area contributed by atoms with E-state index in [4.69, 9.17) is 9.11 Å². The quantitative estimate of drug-likeness (QED) is 0.342. The fourth-order valence-electron chi connectivity index (χ4n) is 2.53. The Morgan fingerprint density at radius 3 is 1.97 bits per heavy atom. The van der Waals surface area contributed by atoms with Gasteiger partial charge in [-0.25, -0.2) is 19.9 Å². The first-order valence-corrected chi connectivity index (χ1v) is 14.5. The molecule has 0 aromatic carbocycles. The van der Waals surface area contributed by atoms with E-state index in [1.165, 1.54) is 36.7 Å². The molecule has 0 radical (unpaired) electrons. The van der Waals surface area contributed by atoms with Gasteiger partial charge in [-0.2, -0.15) is 28.6 Å². The van der Waals surface area contributed by atoms with Gasteiger partial charge in [0, 0.05) is 42.9 Å². The molecule has 0 aliphatic carbocycles. The SMILES string of the molecule is O=C(CC(SCCS(=O)(=O)O)c1ccncn1)CC(SCCS(=O)(=O)O)c1ncccn1. The molecule has 15 heteroatoms. The first-order valence-electron chi connectivity index (χ1n) is 9.21. The molecule has 0 saturated carbocycles. The van der Waals surface area contributed by atoms with E-state index in [9.17, 15) is 21.6 Å². The van der Waals surface area contributed by atoms with Crippen LogP contribution in [0.25, 0.3) is 0 Å². The number of Topliss-reactive ketones (excluding diaryl/α,β-unsaturated/α-hetero) is 1. The maximum atomic E-state index is 12.9. The molecule has 11 nitrogen and oxygen atoms in total. The minimum Gasteiger partial charge on any atom is -0.300 e. The van der Waals surface area contributed by atoms with Crippen molar-refractivity contribution in [3.63, 3.8) is 0 Å². The van der Waals surface area contributed by atoms with Gasteiger partial charge in [-0.15, -0.1) is 11.8 Å². The van der Waals surface area contributed by atoms with Crippen molar-refractivity contribution >= 4 is 49.5 Å². The van der Waals surface area contributed by atoms with Gasteiger partial charge in [0.25, 0.3) is 20.2 Å². The molecule has 2 N–H and O–H groups in total. The summed E-state index contributed by atoms with van der Waals surface area (Å²) >= 11 is 2.32. The minimum atomic E-state index is -4.14. The van der Waals surface area contributed by atoms with Crippen molar-refractivity contribution in [1.29, 1.82) is 0 Å². The largest absolute Gasteiger partial charge is 0.300 e. The molecule has 2 atom stereocenters. The number of thioether (sulfide) groups is 2. The van der Waals surface area contributed by atoms with Crippen molar-refractivity contribution in [3.8, 4) is 0 Å². The highest BCUT2D eigenvalue weighted by atomic mass is 32.2. The third-order valence-corrected chi connectivity index (χ3v) is 8.38. The molecular weight excluding hydrogens is 500 g/mol. The summed E-state index contributed by atoms with van der Waals surface area (Å²) in [5.74, 6) is -0.643. The van der Waals surface area contributed by atoms with E-state index in [0.717, 1.165) is 11.8 Å². The van der Waals surface area contributed by atoms with E-state index in [2.05, 4.69) is 19.9 Å². The van der Waals surface area contributed by atoms with E-state index in [1.54, 1.807) is 12.1 Å². The maximum Gasteiger partial charge on any atom is 0.265 e. The van der Waals surface area contributed by atoms with Crippen LogP contribution in [0.5, 0.6) is 0 Å². The third-order valence-electron chi connectivity index (χ3n) is 3.96. The van der Waals surface area contributed by atoms with Gasteiger partial charge in [-0.05, 0) is 12.1 Å². The smallest absolute Gasteiger partial charge is 0.265 e. The van der Waals surface area contributed by atoms with Gasteiger partial charge in [0.05, 0.1) is 27.7 Å². The predicted molar refractivity (Wildman–Crippen MR) is 122 cm³/mol. The van der Waals surface area contributed by atoms with Gasteiger partial charge >= 0.3 is 0 Å². The van der Waals surface area contributed by atoms with Crippen LogP contribution in [0, 0.1) is 0 Å². The van der Waals surface area contributed by atoms with E-state index in [-0.39, 0.29) is 30.1 Å². The van der Waals surface area contributed by atoms with Crippen molar-refractivity contribution in [3.05, 3.63) is 48.6 Å². The van der Waals surface area contributed by atoms with Gasteiger partial charge in [0.1, 0.15) is 17.9 Å². The molecule has 2 aromatic rings. The van der Waals surface area contributed by atoms with Crippen molar-refractivity contribution < 1.29 is 30.7 Å². The molecule has 2 aromatic heterocycles. The minimum absolute atomic E-state index is 0.000594. The Hall–Kier alpha value is -1.65. The number of carbonyl (C=O) groups is 1. The molecule has 0 aliphatic rings. The first kappa shape index (κ1) is 26.6. The van der Waals surface area contributed by atoms with Crippen LogP contribution in [0.4, 0.5) is 0 Å². The number of hydrogen-bond acceptors (Lipinski definition) is 11. The summed E-state index contributed by atoms with van der Waals surface area (Å²) in [4.78, 5) is 29.1. The summed E-state index contributed by atoms with van der Waals surface area (Å²) in [6.45, 7) is 0. The summed E-state index contributed by atoms with van der Waals surface area (Å²) in [5, 5.41) is -0.994. The van der Waals surface area contributed by atoms with Gasteiger partial charge in [-0.1, -0.05) is 0 Å². The second-order valence-electron chi connectivity index (χ2n) is 6.48. The number of aromatic nitrogens is 4. The summed E-state index contributed by atoms with van der Waals surface area (Å²) in [6, 6.07) is 3.24. The Morgan fingerprint density at radius 1 is 0.875 bits per heavy atom. The zero-order chi connectivity index (χ0) is 23.6. The van der Waals surface area contributed by atoms with Crippen LogP contribution in [-0.2, 0) is 25.0 Å². The Balaban J connectivity index is 2.09. The lowest BCUT2D eigenvalue weighted by Crippen LogP contribution is -2.14. The molecule has 176 valence electrons. The number of ketones is 1. The first-order chi connectivity index (χ1) is 15.0. The van der Waals surface area contributed by atoms with Crippen LogP contribution in [0.15, 0.2) is 37.1 Å². The topological polar surface area (TPSA) is 177 Å². The van der Waals surface area contributed by atoms with Crippen LogP contribution in [0.2, 0.25) is 0 Å². The summed E-state index contributed by atoms with van der Waals surface area (Å²) < 4.78 is 62.0. The lowest BCUT2D eigenvalue weighted by Gasteiger charge is -2.18. The van der Waals surface area contributed by atoms with Gasteiger partial charge < -0.3 is 0 Å². The molecular formula is C17H22N4O7S4. The van der Waals surface area contributed by atoms with Gasteiger partial charge in [0.2, 0.25) is 0 Å². The molecule has 2 rings (SSSR count). The molecule has 0 saturated heterocycles. The van der Waals surface area contributed by atoms with E-state index >= 15 is 0 Å². The summed E-state index contributed by atoms with van der Waals surface area (Å²) in [7, 11) is -8.28. The molecule has 0 bridgehead atoms. The maximum absolute atomic E-state index is 12.9. The summed E-state index contributed by atoms with van der Waals surface area (Å²) in [5.41, 5.74) is 0.542. The molecule has 0 aliphatic heterocycles. The molecule has 0 fully saturated rings. The average molecular weight is 523 g/mol. The Morgan fingerprint density at radius 2 is 1.44 bits per heavy atom. The third kappa shape index (κ3) is 10.8. The number of carbonyl (C=O) groups excluding carboxylic acids is 1. The fraction of sp³-hybridized carbons (Fsp3) is 0.471. The number of hydrogen-bond donors (Lipinski definition) is 2. The number of nitrogens with zero attached hydrogens (tertiary/aromatic N) is 4. The summed E-state index contributed by atoms with van der Waals surface area (Å²) in [6.07, 6.45) is 5.88. The lowest BCUT2D eigenvalue weighted by atomic mass is 10.1. The van der Waals surface area contributed by atoms with Crippen molar-refractivity contribution in [1.82, 2.24) is 19.9 Å². The van der Waals surface area contributed by atoms with E-state index in [0.29, 0.717) is 11.5 Å². The molecule has 2 unspecified atom stereocenters. The Labute approximate surface area is 194 Å². The molecule has 32 heavy (non-hydrogen) atoms. The van der Waals surface area contributed by atoms with Crippen molar-refractivity contribution in [2.75, 3.05) is 23.0 Å². The van der Waals surface area contributed by atoms with Crippen LogP contribution >= 0.6 is 23.5 Å². The molecule has 2 heterocycles. The monoisotopic (exact) mass is 522 g/mol. The van der Waals surface area contributed by atoms with Gasteiger partial charge in [-0.3, -0.25) is 13.9 Å². The highest BCUT2D eigenvalue weighted by Crippen LogP contribution is 2.35. The van der Waals surface area contributed by atoms with E-state index < -0.39 is 42.2 Å². The Bertz CT molecular complexity index is 985. The normalized spacial score (nSPS) is 14.1. The van der Waals surface area contributed by atoms with Crippen molar-refractivity contribution in [2.45, 2.75) is 23.3 Å². The second-order valence-corrected chi connectivity index (χ2v) is 12.2. The van der Waals surface area contributed by atoms with Crippen LogP contribution < -0.4 is 0 Å². The van der Waals surface area contributed by atoms with Crippen LogP contribution in [0.3, 0.4) is 0 Å². The Kier molecular flexibility index (Phi) is 10.4. The van der Waals surface area contributed by atoms with E-state index in [1.807, 2.05) is 0 Å². The van der Waals surface area contributed by atoms with Crippen molar-refractivity contribution in [2.24, 2.45) is 0 Å². The van der Waals surface area contributed by atoms with Crippen LogP contribution in [-0.4, -0.2) is 74.7 Å². The van der Waals surface area contributed by atoms with Gasteiger partial charge in [0.15, 0.2) is 0 Å². The predicted octanol–water partition coefficient (Wildman–Crippen LogP) is 1.64. The highest BCUT2D eigenvalue weighted by Gasteiger charge is 2.24. The molecule has 0 spiro atoms. The number of rotatable bonds is 14. The van der Waals surface area contributed by atoms with Crippen LogP contribution in [0.1, 0.15) is 34.9 Å². The average Bonchev–Trinajstić information content (AvgIpc) is 2.72. The lowest BCUT2D eigenvalue weighted by molar-refractivity contribution is -0.119. The fourth-order valence-corrected chi connectivity index (χ4v) is 6.74. The second kappa shape index (κ2) is 12.6. The molecule has 0 amide bonds. The standard InChI is InChI=1S/C17H22N4O7S4/c22-13(10-15(14-2-5-18-12-21-14)29-6-8-31(23,24)25)11-16(17-19-3-1-4-20-17)30-7-9-32(26,27)28/h1-5,12,15-16H,6-11H2,(H,23,24,25)(H,26,27,28). The zero-order valence-electron chi connectivity index (χ0n) is 16.7. The zero-order valence-corrected chi connectivity index (χ0v) is 20.0. The highest BCUT2D eigenvalue weighted by molar-refractivity contribution is 8.00.